The zero-order valence-electron chi connectivity index (χ0n) is 14.9. The van der Waals surface area contributed by atoms with Crippen molar-refractivity contribution in [3.05, 3.63) is 83.1 Å². The first-order valence-electron chi connectivity index (χ1n) is 8.79. The highest BCUT2D eigenvalue weighted by Crippen LogP contribution is 2.21. The number of nitrogens with zero attached hydrogens (tertiary/aromatic N) is 3. The van der Waals surface area contributed by atoms with Crippen molar-refractivity contribution in [3.8, 4) is 11.4 Å². The Kier molecular flexibility index (Phi) is 5.25. The van der Waals surface area contributed by atoms with Crippen molar-refractivity contribution in [2.45, 2.75) is 6.42 Å². The minimum atomic E-state index is -0.289. The van der Waals surface area contributed by atoms with Crippen LogP contribution in [0.2, 0.25) is 0 Å². The normalized spacial score (nSPS) is 11.3. The molecule has 0 aliphatic heterocycles. The number of amides is 1. The summed E-state index contributed by atoms with van der Waals surface area (Å²) >= 11 is 1.49. The molecule has 140 valence electrons. The standard InChI is InChI=1S/C21H17FN4OS/c22-17-9-7-16(8-10-17)20-24-21-26(25-20)18(14-28-21)12-13-23-19(27)11-6-15-4-2-1-3-5-15/h1-11,14H,12-13H2,(H,23,27)/b11-6+. The highest BCUT2D eigenvalue weighted by molar-refractivity contribution is 7.15. The molecule has 2 aromatic heterocycles. The molecule has 0 saturated carbocycles. The molecule has 1 N–H and O–H groups in total. The first-order chi connectivity index (χ1) is 13.7. The minimum Gasteiger partial charge on any atom is -0.352 e. The van der Waals surface area contributed by atoms with Crippen molar-refractivity contribution < 1.29 is 9.18 Å². The number of hydrogen-bond acceptors (Lipinski definition) is 4. The Morgan fingerprint density at radius 2 is 1.93 bits per heavy atom. The fourth-order valence-electron chi connectivity index (χ4n) is 2.73. The van der Waals surface area contributed by atoms with Gasteiger partial charge in [0.1, 0.15) is 5.82 Å². The average Bonchev–Trinajstić information content (AvgIpc) is 3.29. The predicted octanol–water partition coefficient (Wildman–Crippen LogP) is 3.97. The van der Waals surface area contributed by atoms with Crippen LogP contribution < -0.4 is 5.32 Å². The van der Waals surface area contributed by atoms with Crippen LogP contribution in [0.15, 0.2) is 66.1 Å². The third-order valence-electron chi connectivity index (χ3n) is 4.16. The predicted molar refractivity (Wildman–Crippen MR) is 108 cm³/mol. The third-order valence-corrected chi connectivity index (χ3v) is 5.02. The lowest BCUT2D eigenvalue weighted by atomic mass is 10.2. The van der Waals surface area contributed by atoms with E-state index in [4.69, 9.17) is 0 Å². The van der Waals surface area contributed by atoms with Gasteiger partial charge in [0.2, 0.25) is 10.9 Å². The maximum Gasteiger partial charge on any atom is 0.244 e. The summed E-state index contributed by atoms with van der Waals surface area (Å²) in [7, 11) is 0. The molecular formula is C21H17FN4OS. The van der Waals surface area contributed by atoms with Gasteiger partial charge in [-0.25, -0.2) is 8.91 Å². The molecule has 0 fully saturated rings. The third kappa shape index (κ3) is 4.15. The van der Waals surface area contributed by atoms with Gasteiger partial charge in [-0.1, -0.05) is 30.3 Å². The molecule has 0 unspecified atom stereocenters. The van der Waals surface area contributed by atoms with Crippen molar-refractivity contribution in [3.63, 3.8) is 0 Å². The summed E-state index contributed by atoms with van der Waals surface area (Å²) in [6, 6.07) is 15.8. The lowest BCUT2D eigenvalue weighted by Gasteiger charge is -2.01. The first-order valence-corrected chi connectivity index (χ1v) is 9.67. The fraction of sp³-hybridized carbons (Fsp3) is 0.0952. The van der Waals surface area contributed by atoms with Gasteiger partial charge in [0, 0.05) is 30.0 Å². The first kappa shape index (κ1) is 18.1. The van der Waals surface area contributed by atoms with Crippen LogP contribution in [0.1, 0.15) is 11.3 Å². The molecule has 0 radical (unpaired) electrons. The second kappa shape index (κ2) is 8.14. The van der Waals surface area contributed by atoms with E-state index in [1.165, 1.54) is 29.5 Å². The average molecular weight is 392 g/mol. The highest BCUT2D eigenvalue weighted by atomic mass is 32.1. The van der Waals surface area contributed by atoms with Crippen molar-refractivity contribution in [2.75, 3.05) is 6.54 Å². The largest absolute Gasteiger partial charge is 0.352 e. The molecule has 2 aromatic carbocycles. The second-order valence-corrected chi connectivity index (χ2v) is 6.99. The Labute approximate surface area is 165 Å². The summed E-state index contributed by atoms with van der Waals surface area (Å²) in [6.45, 7) is 0.496. The minimum absolute atomic E-state index is 0.138. The SMILES string of the molecule is O=C(/C=C/c1ccccc1)NCCc1csc2nc(-c3ccc(F)cc3)nn12. The Bertz CT molecular complexity index is 1120. The molecule has 7 heteroatoms. The zero-order valence-corrected chi connectivity index (χ0v) is 15.7. The van der Waals surface area contributed by atoms with Crippen LogP contribution in [-0.4, -0.2) is 27.0 Å². The van der Waals surface area contributed by atoms with Crippen molar-refractivity contribution in [1.29, 1.82) is 0 Å². The number of halogens is 1. The topological polar surface area (TPSA) is 59.3 Å². The molecule has 4 aromatic rings. The highest BCUT2D eigenvalue weighted by Gasteiger charge is 2.11. The number of nitrogens with one attached hydrogen (secondary N) is 1. The molecule has 2 heterocycles. The van der Waals surface area contributed by atoms with Crippen LogP contribution in [0, 0.1) is 5.82 Å². The van der Waals surface area contributed by atoms with E-state index in [1.54, 1.807) is 22.7 Å². The van der Waals surface area contributed by atoms with Gasteiger partial charge in [0.05, 0.1) is 5.69 Å². The number of rotatable bonds is 6. The van der Waals surface area contributed by atoms with Gasteiger partial charge in [0.25, 0.3) is 0 Å². The van der Waals surface area contributed by atoms with E-state index >= 15 is 0 Å². The van der Waals surface area contributed by atoms with Gasteiger partial charge < -0.3 is 5.32 Å². The quantitative estimate of drug-likeness (QED) is 0.505. The van der Waals surface area contributed by atoms with E-state index in [2.05, 4.69) is 15.4 Å². The molecule has 0 saturated heterocycles. The lowest BCUT2D eigenvalue weighted by molar-refractivity contribution is -0.116. The number of carbonyl (C=O) groups excluding carboxylic acids is 1. The molecule has 0 aliphatic carbocycles. The monoisotopic (exact) mass is 392 g/mol. The molecule has 5 nitrogen and oxygen atoms in total. The van der Waals surface area contributed by atoms with E-state index in [0.29, 0.717) is 18.8 Å². The summed E-state index contributed by atoms with van der Waals surface area (Å²) < 4.78 is 14.9. The molecule has 0 bridgehead atoms. The summed E-state index contributed by atoms with van der Waals surface area (Å²) in [5.41, 5.74) is 2.71. The van der Waals surface area contributed by atoms with Crippen LogP contribution in [0.5, 0.6) is 0 Å². The lowest BCUT2D eigenvalue weighted by Crippen LogP contribution is -2.23. The number of aromatic nitrogens is 3. The van der Waals surface area contributed by atoms with E-state index in [9.17, 15) is 9.18 Å². The smallest absolute Gasteiger partial charge is 0.244 e. The van der Waals surface area contributed by atoms with Gasteiger partial charge in [-0.3, -0.25) is 4.79 Å². The summed E-state index contributed by atoms with van der Waals surface area (Å²) in [6.07, 6.45) is 3.95. The Balaban J connectivity index is 1.38. The summed E-state index contributed by atoms with van der Waals surface area (Å²) in [5, 5.41) is 9.37. The van der Waals surface area contributed by atoms with E-state index in [-0.39, 0.29) is 11.7 Å². The molecule has 28 heavy (non-hydrogen) atoms. The Hall–Kier alpha value is -3.32. The van der Waals surface area contributed by atoms with Crippen LogP contribution in [0.4, 0.5) is 4.39 Å². The Morgan fingerprint density at radius 3 is 2.71 bits per heavy atom. The summed E-state index contributed by atoms with van der Waals surface area (Å²) in [4.78, 5) is 17.2. The van der Waals surface area contributed by atoms with Crippen LogP contribution in [-0.2, 0) is 11.2 Å². The maximum absolute atomic E-state index is 13.1. The van der Waals surface area contributed by atoms with Crippen LogP contribution in [0.3, 0.4) is 0 Å². The van der Waals surface area contributed by atoms with Crippen molar-refractivity contribution in [2.24, 2.45) is 0 Å². The van der Waals surface area contributed by atoms with Gasteiger partial charge in [-0.15, -0.1) is 16.4 Å². The summed E-state index contributed by atoms with van der Waals surface area (Å²) in [5.74, 6) is 0.131. The number of hydrogen-bond donors (Lipinski definition) is 1. The zero-order chi connectivity index (χ0) is 19.3. The number of carbonyl (C=O) groups is 1. The van der Waals surface area contributed by atoms with Gasteiger partial charge in [0.15, 0.2) is 5.82 Å². The fourth-order valence-corrected chi connectivity index (χ4v) is 3.58. The van der Waals surface area contributed by atoms with Crippen LogP contribution >= 0.6 is 11.3 Å². The Morgan fingerprint density at radius 1 is 1.14 bits per heavy atom. The van der Waals surface area contributed by atoms with E-state index in [0.717, 1.165) is 21.8 Å². The second-order valence-electron chi connectivity index (χ2n) is 6.15. The maximum atomic E-state index is 13.1. The molecule has 4 rings (SSSR count). The van der Waals surface area contributed by atoms with Gasteiger partial charge in [-0.05, 0) is 35.9 Å². The van der Waals surface area contributed by atoms with Crippen molar-refractivity contribution >= 4 is 28.3 Å². The number of benzene rings is 2. The van der Waals surface area contributed by atoms with Crippen molar-refractivity contribution in [1.82, 2.24) is 19.9 Å². The van der Waals surface area contributed by atoms with Gasteiger partial charge in [-0.2, -0.15) is 4.98 Å². The van der Waals surface area contributed by atoms with Crippen LogP contribution in [0.25, 0.3) is 22.4 Å². The molecular weight excluding hydrogens is 375 g/mol. The van der Waals surface area contributed by atoms with Gasteiger partial charge >= 0.3 is 0 Å². The van der Waals surface area contributed by atoms with E-state index < -0.39 is 0 Å². The number of thiazole rings is 1. The number of fused-ring (bicyclic) bond motifs is 1. The molecule has 0 spiro atoms. The molecule has 1 amide bonds. The molecule has 0 aliphatic rings. The molecule has 0 atom stereocenters. The van der Waals surface area contributed by atoms with E-state index in [1.807, 2.05) is 35.7 Å².